The third-order valence-electron chi connectivity index (χ3n) is 6.70. The molecule has 2 heterocycles. The topological polar surface area (TPSA) is 48.5 Å². The maximum atomic E-state index is 13.6. The zero-order valence-corrected chi connectivity index (χ0v) is 17.7. The molecule has 4 rings (SSSR count). The van der Waals surface area contributed by atoms with Crippen molar-refractivity contribution in [3.63, 3.8) is 0 Å². The molecule has 29 heavy (non-hydrogen) atoms. The Morgan fingerprint density at radius 1 is 1.07 bits per heavy atom. The van der Waals surface area contributed by atoms with E-state index in [9.17, 15) is 4.79 Å². The summed E-state index contributed by atoms with van der Waals surface area (Å²) < 4.78 is 0. The monoisotopic (exact) mass is 392 g/mol. The summed E-state index contributed by atoms with van der Waals surface area (Å²) in [5.74, 6) is 0.173. The van der Waals surface area contributed by atoms with E-state index >= 15 is 0 Å². The number of hydrogen-bond donors (Lipinski definition) is 1. The summed E-state index contributed by atoms with van der Waals surface area (Å²) in [4.78, 5) is 22.9. The van der Waals surface area contributed by atoms with Crippen LogP contribution >= 0.6 is 0 Å². The van der Waals surface area contributed by atoms with Crippen molar-refractivity contribution in [3.8, 4) is 0 Å². The fraction of sp³-hybridized carbons (Fsp3) is 0.500. The molecule has 2 aliphatic rings. The first-order valence-corrected chi connectivity index (χ1v) is 10.9. The van der Waals surface area contributed by atoms with Crippen LogP contribution in [-0.4, -0.2) is 65.5 Å². The molecule has 0 saturated carbocycles. The molecule has 0 bridgehead atoms. The summed E-state index contributed by atoms with van der Waals surface area (Å²) in [7, 11) is 0. The van der Waals surface area contributed by atoms with E-state index in [-0.39, 0.29) is 5.91 Å². The number of rotatable bonds is 6. The summed E-state index contributed by atoms with van der Waals surface area (Å²) in [6.45, 7) is 9.98. The Balaban J connectivity index is 1.48. The minimum absolute atomic E-state index is 0.173. The van der Waals surface area contributed by atoms with Crippen molar-refractivity contribution in [2.24, 2.45) is 0 Å². The lowest BCUT2D eigenvalue weighted by atomic mass is 9.90. The minimum atomic E-state index is -0.456. The number of fused-ring (bicyclic) bond motifs is 1. The fourth-order valence-corrected chi connectivity index (χ4v) is 4.85. The molecule has 1 aromatic heterocycles. The lowest BCUT2D eigenvalue weighted by molar-refractivity contribution is -0.134. The first-order chi connectivity index (χ1) is 14.1. The largest absolute Gasteiger partial charge is 0.354 e. The average Bonchev–Trinajstić information content (AvgIpc) is 3.16. The van der Waals surface area contributed by atoms with Crippen LogP contribution in [0.2, 0.25) is 0 Å². The lowest BCUT2D eigenvalue weighted by Crippen LogP contribution is -2.64. The van der Waals surface area contributed by atoms with E-state index in [0.29, 0.717) is 6.54 Å². The number of pyridine rings is 1. The Labute approximate surface area is 174 Å². The number of aryl methyl sites for hydroxylation is 1. The van der Waals surface area contributed by atoms with Crippen LogP contribution in [0.1, 0.15) is 29.3 Å². The Morgan fingerprint density at radius 2 is 1.76 bits per heavy atom. The van der Waals surface area contributed by atoms with Crippen molar-refractivity contribution < 1.29 is 4.79 Å². The van der Waals surface area contributed by atoms with Crippen LogP contribution in [0, 0.1) is 6.92 Å². The molecule has 0 unspecified atom stereocenters. The molecule has 1 saturated heterocycles. The molecule has 1 aliphatic carbocycles. The van der Waals surface area contributed by atoms with Gasteiger partial charge in [-0.25, -0.2) is 0 Å². The van der Waals surface area contributed by atoms with Crippen LogP contribution in [0.15, 0.2) is 42.6 Å². The van der Waals surface area contributed by atoms with Crippen LogP contribution < -0.4 is 5.32 Å². The maximum absolute atomic E-state index is 13.6. The minimum Gasteiger partial charge on any atom is -0.354 e. The van der Waals surface area contributed by atoms with Gasteiger partial charge in [-0.2, -0.15) is 0 Å². The summed E-state index contributed by atoms with van der Waals surface area (Å²) in [6.07, 6.45) is 4.21. The van der Waals surface area contributed by atoms with E-state index < -0.39 is 5.54 Å². The molecule has 154 valence electrons. The van der Waals surface area contributed by atoms with Gasteiger partial charge in [-0.05, 0) is 36.2 Å². The van der Waals surface area contributed by atoms with Crippen molar-refractivity contribution in [1.29, 1.82) is 0 Å². The van der Waals surface area contributed by atoms with Gasteiger partial charge in [0.15, 0.2) is 0 Å². The van der Waals surface area contributed by atoms with E-state index in [1.807, 2.05) is 12.3 Å². The fourth-order valence-electron chi connectivity index (χ4n) is 4.85. The van der Waals surface area contributed by atoms with Gasteiger partial charge in [-0.3, -0.25) is 14.7 Å². The van der Waals surface area contributed by atoms with E-state index in [2.05, 4.69) is 64.3 Å². The Morgan fingerprint density at radius 3 is 2.38 bits per heavy atom. The molecule has 1 fully saturated rings. The molecule has 5 nitrogen and oxygen atoms in total. The van der Waals surface area contributed by atoms with Gasteiger partial charge >= 0.3 is 0 Å². The first-order valence-electron chi connectivity index (χ1n) is 10.9. The number of nitrogens with zero attached hydrogens (tertiary/aromatic N) is 3. The zero-order chi connectivity index (χ0) is 20.3. The number of likely N-dealkylation sites (N-methyl/N-ethyl adjacent to an activating group) is 1. The number of benzene rings is 1. The Hall–Kier alpha value is -2.24. The van der Waals surface area contributed by atoms with Crippen LogP contribution in [0.4, 0.5) is 0 Å². The quantitative estimate of drug-likeness (QED) is 0.819. The molecule has 0 atom stereocenters. The second kappa shape index (κ2) is 8.64. The van der Waals surface area contributed by atoms with E-state index in [0.717, 1.165) is 57.7 Å². The number of aromatic nitrogens is 1. The van der Waals surface area contributed by atoms with Gasteiger partial charge in [-0.15, -0.1) is 0 Å². The smallest absolute Gasteiger partial charge is 0.241 e. The molecule has 1 N–H and O–H groups in total. The molecular formula is C24H32N4O. The molecule has 1 aliphatic heterocycles. The Bertz CT molecular complexity index is 832. The number of nitrogens with one attached hydrogen (secondary N) is 1. The van der Waals surface area contributed by atoms with Gasteiger partial charge in [0.05, 0.1) is 0 Å². The molecule has 2 aromatic rings. The molecular weight excluding hydrogens is 360 g/mol. The summed E-state index contributed by atoms with van der Waals surface area (Å²) >= 11 is 0. The molecule has 1 amide bonds. The van der Waals surface area contributed by atoms with Gasteiger partial charge in [0.1, 0.15) is 5.54 Å². The molecule has 0 spiro atoms. The van der Waals surface area contributed by atoms with Crippen LogP contribution in [0.3, 0.4) is 0 Å². The van der Waals surface area contributed by atoms with Crippen molar-refractivity contribution >= 4 is 5.91 Å². The van der Waals surface area contributed by atoms with Gasteiger partial charge in [-0.1, -0.05) is 37.3 Å². The van der Waals surface area contributed by atoms with Crippen LogP contribution in [0.5, 0.6) is 0 Å². The highest BCUT2D eigenvalue weighted by Crippen LogP contribution is 2.35. The number of piperazine rings is 1. The standard InChI is InChI=1S/C24H32N4O/c1-3-27-13-15-28(16-14-27)24(17-20-8-4-5-9-21(20)18-24)23(29)26-12-10-22-19(2)7-6-11-25-22/h4-9,11H,3,10,12-18H2,1-2H3,(H,26,29). The first kappa shape index (κ1) is 20.0. The van der Waals surface area contributed by atoms with E-state index in [1.165, 1.54) is 16.7 Å². The van der Waals surface area contributed by atoms with E-state index in [4.69, 9.17) is 0 Å². The van der Waals surface area contributed by atoms with Crippen molar-refractivity contribution in [3.05, 3.63) is 65.0 Å². The molecule has 1 aromatic carbocycles. The molecule has 5 heteroatoms. The SMILES string of the molecule is CCN1CCN(C2(C(=O)NCCc3ncccc3C)Cc3ccccc3C2)CC1. The van der Waals surface area contributed by atoms with Crippen LogP contribution in [0.25, 0.3) is 0 Å². The average molecular weight is 393 g/mol. The van der Waals surface area contributed by atoms with Gasteiger partial charge < -0.3 is 10.2 Å². The van der Waals surface area contributed by atoms with Gasteiger partial charge in [0.25, 0.3) is 0 Å². The maximum Gasteiger partial charge on any atom is 0.241 e. The Kier molecular flexibility index (Phi) is 5.97. The lowest BCUT2D eigenvalue weighted by Gasteiger charge is -2.44. The summed E-state index contributed by atoms with van der Waals surface area (Å²) in [5.41, 5.74) is 4.43. The normalized spacial score (nSPS) is 19.1. The van der Waals surface area contributed by atoms with Gasteiger partial charge in [0, 0.05) is 63.9 Å². The number of carbonyl (C=O) groups excluding carboxylic acids is 1. The number of carbonyl (C=O) groups is 1. The van der Waals surface area contributed by atoms with Crippen molar-refractivity contribution in [1.82, 2.24) is 20.1 Å². The summed E-state index contributed by atoms with van der Waals surface area (Å²) in [6, 6.07) is 12.6. The zero-order valence-electron chi connectivity index (χ0n) is 17.7. The highest BCUT2D eigenvalue weighted by Gasteiger charge is 2.48. The van der Waals surface area contributed by atoms with Crippen LogP contribution in [-0.2, 0) is 24.1 Å². The highest BCUT2D eigenvalue weighted by molar-refractivity contribution is 5.88. The van der Waals surface area contributed by atoms with Crippen molar-refractivity contribution in [2.45, 2.75) is 38.6 Å². The highest BCUT2D eigenvalue weighted by atomic mass is 16.2. The third-order valence-corrected chi connectivity index (χ3v) is 6.70. The van der Waals surface area contributed by atoms with Gasteiger partial charge in [0.2, 0.25) is 5.91 Å². The third kappa shape index (κ3) is 4.07. The predicted octanol–water partition coefficient (Wildman–Crippen LogP) is 2.22. The second-order valence-electron chi connectivity index (χ2n) is 8.35. The number of amides is 1. The second-order valence-corrected chi connectivity index (χ2v) is 8.35. The predicted molar refractivity (Wildman–Crippen MR) is 116 cm³/mol. The number of hydrogen-bond acceptors (Lipinski definition) is 4. The summed E-state index contributed by atoms with van der Waals surface area (Å²) in [5, 5.41) is 3.26. The molecule has 0 radical (unpaired) electrons. The van der Waals surface area contributed by atoms with E-state index in [1.54, 1.807) is 0 Å². The van der Waals surface area contributed by atoms with Crippen molar-refractivity contribution in [2.75, 3.05) is 39.3 Å².